The van der Waals surface area contributed by atoms with E-state index in [0.717, 1.165) is 47.5 Å². The third-order valence-corrected chi connectivity index (χ3v) is 5.56. The second kappa shape index (κ2) is 12.9. The molecule has 8 nitrogen and oxygen atoms in total. The van der Waals surface area contributed by atoms with Gasteiger partial charge >= 0.3 is 0 Å². The summed E-state index contributed by atoms with van der Waals surface area (Å²) in [6.45, 7) is 5.00. The van der Waals surface area contributed by atoms with Crippen LogP contribution >= 0.6 is 0 Å². The smallest absolute Gasteiger partial charge is 0.226 e. The first-order valence-corrected chi connectivity index (χ1v) is 11.3. The number of morpholine rings is 1. The van der Waals surface area contributed by atoms with E-state index in [0.29, 0.717) is 39.4 Å². The lowest BCUT2D eigenvalue weighted by molar-refractivity contribution is -0.119. The highest BCUT2D eigenvalue weighted by atomic mass is 16.5. The number of hydrogen-bond acceptors (Lipinski definition) is 6. The minimum absolute atomic E-state index is 0.240. The highest BCUT2D eigenvalue weighted by molar-refractivity contribution is 5.94. The van der Waals surface area contributed by atoms with Crippen LogP contribution in [0.5, 0.6) is 5.75 Å². The average molecular weight is 455 g/mol. The van der Waals surface area contributed by atoms with Crippen LogP contribution in [0.15, 0.2) is 42.5 Å². The maximum Gasteiger partial charge on any atom is 0.226 e. The molecule has 0 unspecified atom stereocenters. The van der Waals surface area contributed by atoms with Crippen molar-refractivity contribution >= 4 is 11.9 Å². The van der Waals surface area contributed by atoms with Crippen molar-refractivity contribution in [1.82, 2.24) is 10.2 Å². The number of rotatable bonds is 11. The zero-order valence-corrected chi connectivity index (χ0v) is 19.3. The van der Waals surface area contributed by atoms with Gasteiger partial charge in [-0.15, -0.1) is 0 Å². The van der Waals surface area contributed by atoms with E-state index in [1.165, 1.54) is 0 Å². The van der Waals surface area contributed by atoms with Crippen molar-refractivity contribution in [3.8, 4) is 16.9 Å². The molecule has 0 radical (unpaired) electrons. The molecule has 8 heteroatoms. The SMILES string of the molecule is COCCCOc1c(-c2ccccc2)ccc(CCC(=O)NC(=N)N)c1CN1CCOCC1. The van der Waals surface area contributed by atoms with Crippen molar-refractivity contribution in [1.29, 1.82) is 5.41 Å². The Hall–Kier alpha value is -2.94. The summed E-state index contributed by atoms with van der Waals surface area (Å²) in [6.07, 6.45) is 1.55. The second-order valence-corrected chi connectivity index (χ2v) is 7.99. The van der Waals surface area contributed by atoms with Crippen molar-refractivity contribution in [3.63, 3.8) is 0 Å². The number of ether oxygens (including phenoxy) is 3. The molecule has 178 valence electrons. The molecule has 2 aromatic carbocycles. The van der Waals surface area contributed by atoms with Gasteiger partial charge in [-0.3, -0.25) is 20.4 Å². The number of methoxy groups -OCH3 is 1. The molecule has 0 saturated carbocycles. The van der Waals surface area contributed by atoms with Gasteiger partial charge in [-0.25, -0.2) is 0 Å². The summed E-state index contributed by atoms with van der Waals surface area (Å²) in [5.41, 5.74) is 9.57. The molecule has 0 atom stereocenters. The highest BCUT2D eigenvalue weighted by Gasteiger charge is 2.21. The molecule has 4 N–H and O–H groups in total. The van der Waals surface area contributed by atoms with E-state index in [1.54, 1.807) is 7.11 Å². The number of nitrogens with two attached hydrogens (primary N) is 1. The van der Waals surface area contributed by atoms with Crippen LogP contribution in [0, 0.1) is 5.41 Å². The zero-order valence-electron chi connectivity index (χ0n) is 19.3. The van der Waals surface area contributed by atoms with Gasteiger partial charge in [0.05, 0.1) is 19.8 Å². The molecule has 1 saturated heterocycles. The largest absolute Gasteiger partial charge is 0.493 e. The van der Waals surface area contributed by atoms with Gasteiger partial charge in [0.1, 0.15) is 5.75 Å². The quantitative estimate of drug-likeness (QED) is 0.273. The third kappa shape index (κ3) is 7.56. The maximum atomic E-state index is 12.1. The van der Waals surface area contributed by atoms with E-state index in [1.807, 2.05) is 18.2 Å². The van der Waals surface area contributed by atoms with Crippen molar-refractivity contribution in [2.45, 2.75) is 25.8 Å². The fraction of sp³-hybridized carbons (Fsp3) is 0.440. The van der Waals surface area contributed by atoms with Gasteiger partial charge in [-0.05, 0) is 17.5 Å². The van der Waals surface area contributed by atoms with Gasteiger partial charge in [0.15, 0.2) is 5.96 Å². The lowest BCUT2D eigenvalue weighted by Crippen LogP contribution is -2.36. The van der Waals surface area contributed by atoms with E-state index in [2.05, 4.69) is 34.5 Å². The van der Waals surface area contributed by atoms with E-state index < -0.39 is 0 Å². The molecule has 2 aromatic rings. The lowest BCUT2D eigenvalue weighted by atomic mass is 9.94. The zero-order chi connectivity index (χ0) is 23.5. The summed E-state index contributed by atoms with van der Waals surface area (Å²) >= 11 is 0. The second-order valence-electron chi connectivity index (χ2n) is 7.99. The molecule has 0 aromatic heterocycles. The number of hydrogen-bond donors (Lipinski definition) is 3. The minimum Gasteiger partial charge on any atom is -0.493 e. The van der Waals surface area contributed by atoms with Gasteiger partial charge in [0.25, 0.3) is 0 Å². The van der Waals surface area contributed by atoms with Crippen LogP contribution in [0.3, 0.4) is 0 Å². The molecule has 0 aliphatic carbocycles. The summed E-state index contributed by atoms with van der Waals surface area (Å²) in [5, 5.41) is 9.65. The molecular weight excluding hydrogens is 420 g/mol. The molecule has 0 bridgehead atoms. The summed E-state index contributed by atoms with van der Waals surface area (Å²) in [6, 6.07) is 14.4. The minimum atomic E-state index is -0.338. The molecule has 1 amide bonds. The summed E-state index contributed by atoms with van der Waals surface area (Å²) in [7, 11) is 1.69. The Labute approximate surface area is 195 Å². The fourth-order valence-electron chi connectivity index (χ4n) is 3.91. The monoisotopic (exact) mass is 454 g/mol. The maximum absolute atomic E-state index is 12.1. The predicted molar refractivity (Wildman–Crippen MR) is 128 cm³/mol. The number of carbonyl (C=O) groups is 1. The molecule has 1 aliphatic heterocycles. The Morgan fingerprint density at radius 2 is 1.91 bits per heavy atom. The number of guanidine groups is 1. The van der Waals surface area contributed by atoms with Crippen LogP contribution in [0.25, 0.3) is 11.1 Å². The first-order chi connectivity index (χ1) is 16.1. The van der Waals surface area contributed by atoms with E-state index in [-0.39, 0.29) is 18.3 Å². The van der Waals surface area contributed by atoms with E-state index >= 15 is 0 Å². The molecule has 1 fully saturated rings. The molecule has 3 rings (SSSR count). The van der Waals surface area contributed by atoms with Gasteiger partial charge in [-0.2, -0.15) is 0 Å². The Morgan fingerprint density at radius 3 is 2.61 bits per heavy atom. The van der Waals surface area contributed by atoms with Crippen LogP contribution in [0.1, 0.15) is 24.0 Å². The normalized spacial score (nSPS) is 14.1. The van der Waals surface area contributed by atoms with Gasteiger partial charge in [-0.1, -0.05) is 42.5 Å². The Balaban J connectivity index is 1.95. The standard InChI is InChI=1S/C25H34N4O4/c1-31-14-5-15-33-24-21(19-6-3-2-4-7-19)10-8-20(9-11-23(30)28-25(26)27)22(24)18-29-12-16-32-17-13-29/h2-4,6-8,10H,5,9,11-18H2,1H3,(H4,26,27,28,30). The van der Waals surface area contributed by atoms with Crippen LogP contribution in [-0.2, 0) is 27.2 Å². The Morgan fingerprint density at radius 1 is 1.15 bits per heavy atom. The summed E-state index contributed by atoms with van der Waals surface area (Å²) in [5.74, 6) is 0.248. The first-order valence-electron chi connectivity index (χ1n) is 11.3. The average Bonchev–Trinajstić information content (AvgIpc) is 2.82. The Kier molecular flexibility index (Phi) is 9.68. The van der Waals surface area contributed by atoms with Crippen molar-refractivity contribution in [2.75, 3.05) is 46.6 Å². The van der Waals surface area contributed by atoms with E-state index in [9.17, 15) is 4.79 Å². The Bertz CT molecular complexity index is 914. The van der Waals surface area contributed by atoms with Gasteiger partial charge in [0.2, 0.25) is 5.91 Å². The third-order valence-electron chi connectivity index (χ3n) is 5.56. The number of aryl methyl sites for hydroxylation is 1. The van der Waals surface area contributed by atoms with Crippen molar-refractivity contribution < 1.29 is 19.0 Å². The summed E-state index contributed by atoms with van der Waals surface area (Å²) < 4.78 is 17.1. The molecule has 1 aliphatic rings. The van der Waals surface area contributed by atoms with Crippen molar-refractivity contribution in [2.24, 2.45) is 5.73 Å². The van der Waals surface area contributed by atoms with Crippen LogP contribution < -0.4 is 15.8 Å². The summed E-state index contributed by atoms with van der Waals surface area (Å²) in [4.78, 5) is 14.5. The van der Waals surface area contributed by atoms with Gasteiger partial charge in [0, 0.05) is 57.3 Å². The van der Waals surface area contributed by atoms with Crippen LogP contribution in [-0.4, -0.2) is 63.4 Å². The molecule has 0 spiro atoms. The topological polar surface area (TPSA) is 110 Å². The molecular formula is C25H34N4O4. The molecule has 1 heterocycles. The fourth-order valence-corrected chi connectivity index (χ4v) is 3.91. The van der Waals surface area contributed by atoms with Gasteiger partial charge < -0.3 is 19.9 Å². The first kappa shape index (κ1) is 24.7. The number of carbonyl (C=O) groups excluding carboxylic acids is 1. The van der Waals surface area contributed by atoms with Crippen molar-refractivity contribution in [3.05, 3.63) is 53.6 Å². The van der Waals surface area contributed by atoms with Crippen LogP contribution in [0.4, 0.5) is 0 Å². The number of nitrogens with zero attached hydrogens (tertiary/aromatic N) is 1. The number of benzene rings is 2. The predicted octanol–water partition coefficient (Wildman–Crippen LogP) is 2.54. The lowest BCUT2D eigenvalue weighted by Gasteiger charge is -2.29. The highest BCUT2D eigenvalue weighted by Crippen LogP contribution is 2.37. The van der Waals surface area contributed by atoms with E-state index in [4.69, 9.17) is 25.4 Å². The number of amides is 1. The molecule has 33 heavy (non-hydrogen) atoms. The van der Waals surface area contributed by atoms with Crippen LogP contribution in [0.2, 0.25) is 0 Å². The number of nitrogens with one attached hydrogen (secondary N) is 2.